The first-order valence-corrected chi connectivity index (χ1v) is 6.69. The molecular formula is C12H19NOS. The van der Waals surface area contributed by atoms with Crippen molar-refractivity contribution in [2.45, 2.75) is 24.7 Å². The van der Waals surface area contributed by atoms with Crippen LogP contribution >= 0.6 is 0 Å². The van der Waals surface area contributed by atoms with E-state index < -0.39 is 9.71 Å². The van der Waals surface area contributed by atoms with Gasteiger partial charge in [-0.2, -0.15) is 0 Å². The lowest BCUT2D eigenvalue weighted by atomic mass is 10.0. The van der Waals surface area contributed by atoms with Crippen molar-refractivity contribution in [3.05, 3.63) is 29.8 Å². The van der Waals surface area contributed by atoms with Crippen LogP contribution in [0.15, 0.2) is 29.2 Å². The van der Waals surface area contributed by atoms with Crippen LogP contribution in [0, 0.1) is 0 Å². The van der Waals surface area contributed by atoms with Gasteiger partial charge in [-0.3, -0.25) is 0 Å². The zero-order valence-corrected chi connectivity index (χ0v) is 10.7. The van der Waals surface area contributed by atoms with Crippen molar-refractivity contribution >= 4 is 15.6 Å². The fourth-order valence-corrected chi connectivity index (χ4v) is 2.26. The van der Waals surface area contributed by atoms with Crippen LogP contribution in [-0.4, -0.2) is 28.5 Å². The zero-order valence-electron chi connectivity index (χ0n) is 9.86. The molecule has 1 unspecified atom stereocenters. The summed E-state index contributed by atoms with van der Waals surface area (Å²) in [7, 11) is 1.28. The second kappa shape index (κ2) is 4.37. The van der Waals surface area contributed by atoms with Crippen molar-refractivity contribution in [3.8, 4) is 0 Å². The normalized spacial score (nSPS) is 15.6. The van der Waals surface area contributed by atoms with Gasteiger partial charge in [0.25, 0.3) is 0 Å². The van der Waals surface area contributed by atoms with E-state index in [1.54, 1.807) is 18.4 Å². The van der Waals surface area contributed by atoms with E-state index in [0.29, 0.717) is 5.92 Å². The molecule has 0 amide bonds. The molecule has 1 aromatic rings. The quantitative estimate of drug-likeness (QED) is 0.723. The van der Waals surface area contributed by atoms with Crippen molar-refractivity contribution in [1.29, 1.82) is 0 Å². The highest BCUT2D eigenvalue weighted by Crippen LogP contribution is 2.18. The van der Waals surface area contributed by atoms with Gasteiger partial charge in [0.05, 0.1) is 9.71 Å². The second-order valence-electron chi connectivity index (χ2n) is 4.18. The van der Waals surface area contributed by atoms with Gasteiger partial charge in [0.1, 0.15) is 0 Å². The molecule has 0 saturated heterocycles. The maximum absolute atomic E-state index is 12.2. The molecule has 3 heteroatoms. The lowest BCUT2D eigenvalue weighted by Gasteiger charge is -2.17. The van der Waals surface area contributed by atoms with Gasteiger partial charge in [0.2, 0.25) is 0 Å². The van der Waals surface area contributed by atoms with Gasteiger partial charge < -0.3 is 0 Å². The maximum Gasteiger partial charge on any atom is 0.0553 e. The number of hydrogen-bond donors (Lipinski definition) is 0. The molecule has 0 spiro atoms. The van der Waals surface area contributed by atoms with Crippen molar-refractivity contribution in [2.75, 3.05) is 14.1 Å². The molecule has 0 bridgehead atoms. The molecule has 0 saturated carbocycles. The highest BCUT2D eigenvalue weighted by Gasteiger charge is 2.10. The Kier molecular flexibility index (Phi) is 3.58. The fraction of sp³-hybridized carbons (Fsp3) is 0.417. The number of rotatable bonds is 3. The minimum absolute atomic E-state index is 0.499. The van der Waals surface area contributed by atoms with Crippen molar-refractivity contribution in [1.82, 2.24) is 4.31 Å². The van der Waals surface area contributed by atoms with Gasteiger partial charge in [-0.15, -0.1) is 0 Å². The van der Waals surface area contributed by atoms with E-state index in [4.69, 9.17) is 0 Å². The van der Waals surface area contributed by atoms with Crippen molar-refractivity contribution in [2.24, 2.45) is 0 Å². The second-order valence-corrected chi connectivity index (χ2v) is 6.66. The van der Waals surface area contributed by atoms with Crippen LogP contribution in [0.5, 0.6) is 0 Å². The predicted molar refractivity (Wildman–Crippen MR) is 67.7 cm³/mol. The first kappa shape index (κ1) is 12.3. The van der Waals surface area contributed by atoms with Gasteiger partial charge in [0, 0.05) is 4.90 Å². The molecule has 1 aromatic carbocycles. The zero-order chi connectivity index (χ0) is 11.6. The van der Waals surface area contributed by atoms with Crippen LogP contribution in [0.25, 0.3) is 0 Å². The summed E-state index contributed by atoms with van der Waals surface area (Å²) in [5.74, 6) is 4.27. The number of nitrogens with zero attached hydrogens (tertiary/aromatic N) is 1. The summed E-state index contributed by atoms with van der Waals surface area (Å²) in [6.45, 7) is 4.28. The van der Waals surface area contributed by atoms with E-state index in [1.807, 2.05) is 24.3 Å². The molecule has 0 radical (unpaired) electrons. The van der Waals surface area contributed by atoms with Crippen LogP contribution in [0.3, 0.4) is 0 Å². The summed E-state index contributed by atoms with van der Waals surface area (Å²) in [4.78, 5) is 0.789. The summed E-state index contributed by atoms with van der Waals surface area (Å²) < 4.78 is 13.8. The summed E-state index contributed by atoms with van der Waals surface area (Å²) in [6, 6.07) is 7.86. The topological polar surface area (TPSA) is 20.3 Å². The van der Waals surface area contributed by atoms with Gasteiger partial charge in [-0.25, -0.2) is 8.51 Å². The molecule has 0 fully saturated rings. The standard InChI is InChI=1S/C12H19NOS/c1-10(2)11-6-8-12(9-7-11)15(5,14)13(3)4/h6-10H,5H2,1-4H3. The van der Waals surface area contributed by atoms with E-state index in [0.717, 1.165) is 4.90 Å². The molecule has 84 valence electrons. The van der Waals surface area contributed by atoms with Crippen LogP contribution in [-0.2, 0) is 9.71 Å². The van der Waals surface area contributed by atoms with E-state index in [9.17, 15) is 4.21 Å². The average Bonchev–Trinajstić information content (AvgIpc) is 2.17. The Morgan fingerprint density at radius 1 is 1.20 bits per heavy atom. The Balaban J connectivity index is 3.10. The van der Waals surface area contributed by atoms with Crippen LogP contribution in [0.1, 0.15) is 25.3 Å². The molecule has 1 atom stereocenters. The summed E-state index contributed by atoms with van der Waals surface area (Å²) in [5, 5.41) is 0. The summed E-state index contributed by atoms with van der Waals surface area (Å²) in [5.41, 5.74) is 1.26. The van der Waals surface area contributed by atoms with Crippen LogP contribution < -0.4 is 0 Å². The molecule has 0 aliphatic heterocycles. The van der Waals surface area contributed by atoms with E-state index in [1.165, 1.54) is 5.56 Å². The maximum atomic E-state index is 12.2. The Bertz CT molecular complexity index is 415. The molecule has 0 aliphatic rings. The third-order valence-electron chi connectivity index (χ3n) is 2.50. The summed E-state index contributed by atoms with van der Waals surface area (Å²) in [6.07, 6.45) is 0. The molecule has 2 nitrogen and oxygen atoms in total. The fourth-order valence-electron chi connectivity index (χ4n) is 1.28. The lowest BCUT2D eigenvalue weighted by Crippen LogP contribution is -2.21. The molecule has 0 N–H and O–H groups in total. The van der Waals surface area contributed by atoms with Gasteiger partial charge in [0.15, 0.2) is 0 Å². The monoisotopic (exact) mass is 225 g/mol. The average molecular weight is 225 g/mol. The molecule has 0 heterocycles. The third-order valence-corrected chi connectivity index (χ3v) is 4.69. The first-order chi connectivity index (χ1) is 6.85. The Hall–Kier alpha value is -0.800. The minimum atomic E-state index is -2.29. The molecular weight excluding hydrogens is 206 g/mol. The molecule has 15 heavy (non-hydrogen) atoms. The van der Waals surface area contributed by atoms with E-state index in [2.05, 4.69) is 19.7 Å². The highest BCUT2D eigenvalue weighted by molar-refractivity contribution is 7.98. The van der Waals surface area contributed by atoms with E-state index in [-0.39, 0.29) is 0 Å². The smallest absolute Gasteiger partial charge is 0.0553 e. The Labute approximate surface area is 93.1 Å². The molecule has 0 aliphatic carbocycles. The lowest BCUT2D eigenvalue weighted by molar-refractivity contribution is 0.599. The first-order valence-electron chi connectivity index (χ1n) is 5.00. The minimum Gasteiger partial charge on any atom is -0.248 e. The van der Waals surface area contributed by atoms with Crippen molar-refractivity contribution in [3.63, 3.8) is 0 Å². The molecule has 0 aromatic heterocycles. The Morgan fingerprint density at radius 2 is 1.67 bits per heavy atom. The largest absolute Gasteiger partial charge is 0.248 e. The van der Waals surface area contributed by atoms with Gasteiger partial charge in [-0.05, 0) is 43.6 Å². The Morgan fingerprint density at radius 3 is 2.00 bits per heavy atom. The van der Waals surface area contributed by atoms with Crippen LogP contribution in [0.4, 0.5) is 0 Å². The van der Waals surface area contributed by atoms with Gasteiger partial charge in [-0.1, -0.05) is 26.0 Å². The predicted octanol–water partition coefficient (Wildman–Crippen LogP) is 2.36. The third kappa shape index (κ3) is 2.61. The van der Waals surface area contributed by atoms with Crippen molar-refractivity contribution < 1.29 is 4.21 Å². The van der Waals surface area contributed by atoms with E-state index >= 15 is 0 Å². The summed E-state index contributed by atoms with van der Waals surface area (Å²) >= 11 is 0. The number of hydrogen-bond acceptors (Lipinski definition) is 1. The number of benzene rings is 1. The van der Waals surface area contributed by atoms with Crippen LogP contribution in [0.2, 0.25) is 0 Å². The van der Waals surface area contributed by atoms with Gasteiger partial charge >= 0.3 is 0 Å². The highest BCUT2D eigenvalue weighted by atomic mass is 32.2. The molecule has 1 rings (SSSR count). The SMILES string of the molecule is C=S(=O)(c1ccc(C(C)C)cc1)N(C)C.